The first-order valence-electron chi connectivity index (χ1n) is 5.29. The van der Waals surface area contributed by atoms with Gasteiger partial charge in [0.15, 0.2) is 0 Å². The molecule has 86 valence electrons. The lowest BCUT2D eigenvalue weighted by Gasteiger charge is -2.36. The molecule has 0 aliphatic carbocycles. The van der Waals surface area contributed by atoms with Crippen molar-refractivity contribution in [2.24, 2.45) is 5.92 Å². The molecule has 15 heavy (non-hydrogen) atoms. The fourth-order valence-corrected chi connectivity index (χ4v) is 1.76. The number of carbonyl (C=O) groups is 2. The highest BCUT2D eigenvalue weighted by atomic mass is 16.6. The number of hydrogen-bond acceptors (Lipinski definition) is 3. The molecule has 0 saturated carbocycles. The van der Waals surface area contributed by atoms with E-state index in [4.69, 9.17) is 4.74 Å². The summed E-state index contributed by atoms with van der Waals surface area (Å²) < 4.78 is 4.92. The minimum atomic E-state index is -0.405. The van der Waals surface area contributed by atoms with E-state index in [1.165, 1.54) is 4.90 Å². The fourth-order valence-electron chi connectivity index (χ4n) is 1.76. The van der Waals surface area contributed by atoms with E-state index in [1.54, 1.807) is 6.92 Å². The van der Waals surface area contributed by atoms with Crippen LogP contribution in [0.3, 0.4) is 0 Å². The Morgan fingerprint density at radius 1 is 1.67 bits per heavy atom. The Labute approximate surface area is 89.8 Å². The number of nitrogens with zero attached hydrogens (tertiary/aromatic N) is 1. The van der Waals surface area contributed by atoms with Gasteiger partial charge >= 0.3 is 6.09 Å². The molecule has 1 atom stereocenters. The largest absolute Gasteiger partial charge is 0.450 e. The van der Waals surface area contributed by atoms with Gasteiger partial charge in [-0.15, -0.1) is 0 Å². The molecule has 1 aliphatic rings. The average molecular weight is 214 g/mol. The number of hydrogen-bond donors (Lipinski definition) is 1. The topological polar surface area (TPSA) is 58.6 Å². The van der Waals surface area contributed by atoms with E-state index in [-0.39, 0.29) is 11.8 Å². The second-order valence-corrected chi connectivity index (χ2v) is 3.87. The molecule has 5 heteroatoms. The van der Waals surface area contributed by atoms with E-state index in [1.807, 2.05) is 13.8 Å². The van der Waals surface area contributed by atoms with Crippen molar-refractivity contribution in [1.82, 2.24) is 10.2 Å². The van der Waals surface area contributed by atoms with Crippen LogP contribution in [0.5, 0.6) is 0 Å². The molecule has 1 heterocycles. The number of ether oxygens (including phenoxy) is 1. The van der Waals surface area contributed by atoms with Crippen LogP contribution in [0.15, 0.2) is 0 Å². The predicted molar refractivity (Wildman–Crippen MR) is 55.4 cm³/mol. The molecule has 0 aromatic carbocycles. The van der Waals surface area contributed by atoms with Crippen LogP contribution in [-0.4, -0.2) is 42.6 Å². The molecule has 1 unspecified atom stereocenters. The van der Waals surface area contributed by atoms with E-state index in [0.717, 1.165) is 0 Å². The molecular formula is C10H18N2O3. The van der Waals surface area contributed by atoms with Crippen molar-refractivity contribution in [3.05, 3.63) is 0 Å². The number of carbonyl (C=O) groups excluding carboxylic acids is 2. The summed E-state index contributed by atoms with van der Waals surface area (Å²) >= 11 is 0. The molecule has 0 spiro atoms. The van der Waals surface area contributed by atoms with Gasteiger partial charge in [-0.3, -0.25) is 9.69 Å². The second-order valence-electron chi connectivity index (χ2n) is 3.87. The Bertz CT molecular complexity index is 253. The maximum atomic E-state index is 11.6. The maximum Gasteiger partial charge on any atom is 0.410 e. The van der Waals surface area contributed by atoms with Gasteiger partial charge in [0.05, 0.1) is 6.61 Å². The second kappa shape index (κ2) is 5.00. The third-order valence-corrected chi connectivity index (χ3v) is 2.39. The summed E-state index contributed by atoms with van der Waals surface area (Å²) in [6.07, 6.45) is -0.397. The van der Waals surface area contributed by atoms with Crippen molar-refractivity contribution >= 4 is 12.0 Å². The smallest absolute Gasteiger partial charge is 0.410 e. The minimum Gasteiger partial charge on any atom is -0.450 e. The Morgan fingerprint density at radius 2 is 2.33 bits per heavy atom. The molecular weight excluding hydrogens is 196 g/mol. The average Bonchev–Trinajstić information content (AvgIpc) is 2.17. The quantitative estimate of drug-likeness (QED) is 0.732. The monoisotopic (exact) mass is 214 g/mol. The highest BCUT2D eigenvalue weighted by Crippen LogP contribution is 2.15. The third-order valence-electron chi connectivity index (χ3n) is 2.39. The van der Waals surface area contributed by atoms with Gasteiger partial charge in [-0.05, 0) is 12.8 Å². The Morgan fingerprint density at radius 3 is 2.87 bits per heavy atom. The number of rotatable bonds is 2. The summed E-state index contributed by atoms with van der Waals surface area (Å²) in [7, 11) is 0. The van der Waals surface area contributed by atoms with Crippen LogP contribution >= 0.6 is 0 Å². The summed E-state index contributed by atoms with van der Waals surface area (Å²) in [4.78, 5) is 24.7. The number of nitrogens with one attached hydrogen (secondary N) is 1. The van der Waals surface area contributed by atoms with Crippen molar-refractivity contribution in [3.8, 4) is 0 Å². The summed E-state index contributed by atoms with van der Waals surface area (Å²) in [6.45, 7) is 6.95. The molecule has 0 aromatic rings. The number of piperazine rings is 1. The van der Waals surface area contributed by atoms with Crippen molar-refractivity contribution < 1.29 is 14.3 Å². The van der Waals surface area contributed by atoms with Gasteiger partial charge in [0, 0.05) is 13.1 Å². The molecule has 1 saturated heterocycles. The van der Waals surface area contributed by atoms with Crippen LogP contribution in [-0.2, 0) is 9.53 Å². The highest BCUT2D eigenvalue weighted by molar-refractivity contribution is 5.87. The normalized spacial score (nSPS) is 21.5. The first kappa shape index (κ1) is 11.8. The first-order chi connectivity index (χ1) is 7.07. The summed E-state index contributed by atoms with van der Waals surface area (Å²) in [5.41, 5.74) is 0. The maximum absolute atomic E-state index is 11.6. The molecule has 1 fully saturated rings. The zero-order chi connectivity index (χ0) is 11.4. The molecule has 0 radical (unpaired) electrons. The molecule has 5 nitrogen and oxygen atoms in total. The van der Waals surface area contributed by atoms with Gasteiger partial charge in [-0.1, -0.05) is 13.8 Å². The van der Waals surface area contributed by atoms with Crippen molar-refractivity contribution in [3.63, 3.8) is 0 Å². The minimum absolute atomic E-state index is 0.0923. The highest BCUT2D eigenvalue weighted by Gasteiger charge is 2.35. The van der Waals surface area contributed by atoms with E-state index >= 15 is 0 Å². The lowest BCUT2D eigenvalue weighted by Crippen LogP contribution is -2.59. The van der Waals surface area contributed by atoms with Crippen LogP contribution in [0, 0.1) is 5.92 Å². The van der Waals surface area contributed by atoms with Gasteiger partial charge in [0.25, 0.3) is 0 Å². The van der Waals surface area contributed by atoms with E-state index in [0.29, 0.717) is 19.7 Å². The van der Waals surface area contributed by atoms with Crippen molar-refractivity contribution in [2.75, 3.05) is 19.7 Å². The molecule has 1 rings (SSSR count). The summed E-state index contributed by atoms with van der Waals surface area (Å²) in [5, 5.41) is 2.75. The molecule has 0 aromatic heterocycles. The molecule has 1 N–H and O–H groups in total. The first-order valence-corrected chi connectivity index (χ1v) is 5.29. The standard InChI is InChI=1S/C10H18N2O3/c1-4-15-10(14)12-6-5-11-9(13)8(12)7(2)3/h7-8H,4-6H2,1-3H3,(H,11,13). The van der Waals surface area contributed by atoms with E-state index < -0.39 is 12.1 Å². The van der Waals surface area contributed by atoms with Crippen molar-refractivity contribution in [2.45, 2.75) is 26.8 Å². The molecule has 2 amide bonds. The van der Waals surface area contributed by atoms with E-state index in [2.05, 4.69) is 5.32 Å². The lowest BCUT2D eigenvalue weighted by molar-refractivity contribution is -0.129. The predicted octanol–water partition coefficient (Wildman–Crippen LogP) is 0.599. The lowest BCUT2D eigenvalue weighted by atomic mass is 10.0. The fraction of sp³-hybridized carbons (Fsp3) is 0.800. The van der Waals surface area contributed by atoms with Crippen LogP contribution in [0.4, 0.5) is 4.79 Å². The van der Waals surface area contributed by atoms with Gasteiger partial charge in [-0.25, -0.2) is 4.79 Å². The van der Waals surface area contributed by atoms with E-state index in [9.17, 15) is 9.59 Å². The zero-order valence-electron chi connectivity index (χ0n) is 9.45. The van der Waals surface area contributed by atoms with Gasteiger partial charge in [-0.2, -0.15) is 0 Å². The Balaban J connectivity index is 2.74. The van der Waals surface area contributed by atoms with Crippen LogP contribution in [0.1, 0.15) is 20.8 Å². The Hall–Kier alpha value is -1.26. The number of amides is 2. The Kier molecular flexibility index (Phi) is 3.94. The third kappa shape index (κ3) is 2.61. The van der Waals surface area contributed by atoms with Gasteiger partial charge in [0.1, 0.15) is 6.04 Å². The molecule has 1 aliphatic heterocycles. The van der Waals surface area contributed by atoms with Crippen LogP contribution in [0.25, 0.3) is 0 Å². The molecule has 0 bridgehead atoms. The van der Waals surface area contributed by atoms with Crippen molar-refractivity contribution in [1.29, 1.82) is 0 Å². The summed E-state index contributed by atoms with van der Waals surface area (Å²) in [5.74, 6) is -0.000917. The van der Waals surface area contributed by atoms with Crippen LogP contribution in [0.2, 0.25) is 0 Å². The SMILES string of the molecule is CCOC(=O)N1CCNC(=O)C1C(C)C. The van der Waals surface area contributed by atoms with Crippen LogP contribution < -0.4 is 5.32 Å². The zero-order valence-corrected chi connectivity index (χ0v) is 9.45. The van der Waals surface area contributed by atoms with Gasteiger partial charge < -0.3 is 10.1 Å². The van der Waals surface area contributed by atoms with Gasteiger partial charge in [0.2, 0.25) is 5.91 Å². The summed E-state index contributed by atoms with van der Waals surface area (Å²) in [6, 6.07) is -0.405.